The van der Waals surface area contributed by atoms with Crippen LogP contribution in [-0.2, 0) is 17.6 Å². The average Bonchev–Trinajstić information content (AvgIpc) is 3.15. The van der Waals surface area contributed by atoms with E-state index in [1.165, 1.54) is 12.5 Å². The average molecular weight is 517 g/mol. The molecule has 0 aliphatic heterocycles. The molecular formula is C31H36N2O5. The number of aryl methyl sites for hydroxylation is 2. The highest BCUT2D eigenvalue weighted by molar-refractivity contribution is 5.83. The van der Waals surface area contributed by atoms with Gasteiger partial charge in [-0.05, 0) is 73.1 Å². The van der Waals surface area contributed by atoms with Crippen LogP contribution >= 0.6 is 0 Å². The van der Waals surface area contributed by atoms with E-state index in [1.807, 2.05) is 36.4 Å². The molecular weight excluding hydrogens is 480 g/mol. The van der Waals surface area contributed by atoms with Crippen molar-refractivity contribution in [2.24, 2.45) is 0 Å². The van der Waals surface area contributed by atoms with Crippen molar-refractivity contribution in [2.75, 3.05) is 26.6 Å². The highest BCUT2D eigenvalue weighted by atomic mass is 16.5. The largest absolute Gasteiger partial charge is 0.493 e. The Labute approximate surface area is 224 Å². The fourth-order valence-electron chi connectivity index (χ4n) is 5.19. The fraction of sp³-hybridized carbons (Fsp3) is 0.355. The van der Waals surface area contributed by atoms with Crippen LogP contribution in [0.1, 0.15) is 49.4 Å². The lowest BCUT2D eigenvalue weighted by atomic mass is 9.95. The number of hydrogen-bond donors (Lipinski definition) is 2. The van der Waals surface area contributed by atoms with Crippen LogP contribution in [0.25, 0.3) is 11.1 Å². The van der Waals surface area contributed by atoms with Gasteiger partial charge >= 0.3 is 0 Å². The molecule has 2 atom stereocenters. The quantitative estimate of drug-likeness (QED) is 0.402. The number of rotatable bonds is 9. The van der Waals surface area contributed by atoms with Crippen LogP contribution in [0.5, 0.6) is 17.2 Å². The van der Waals surface area contributed by atoms with Crippen molar-refractivity contribution >= 4 is 11.6 Å². The van der Waals surface area contributed by atoms with E-state index in [2.05, 4.69) is 29.7 Å². The molecule has 1 amide bonds. The summed E-state index contributed by atoms with van der Waals surface area (Å²) < 4.78 is 17.1. The third-order valence-corrected chi connectivity index (χ3v) is 7.03. The predicted molar refractivity (Wildman–Crippen MR) is 151 cm³/mol. The summed E-state index contributed by atoms with van der Waals surface area (Å²) in [4.78, 5) is 25.6. The Kier molecular flexibility index (Phi) is 8.56. The minimum absolute atomic E-state index is 0.0856. The van der Waals surface area contributed by atoms with Gasteiger partial charge in [-0.2, -0.15) is 0 Å². The van der Waals surface area contributed by atoms with Gasteiger partial charge in [-0.1, -0.05) is 36.4 Å². The van der Waals surface area contributed by atoms with E-state index < -0.39 is 0 Å². The Bertz CT molecular complexity index is 1360. The van der Waals surface area contributed by atoms with Crippen LogP contribution in [0.2, 0.25) is 0 Å². The van der Waals surface area contributed by atoms with Crippen LogP contribution in [0.4, 0.5) is 5.69 Å². The van der Waals surface area contributed by atoms with Crippen molar-refractivity contribution in [3.63, 3.8) is 0 Å². The second kappa shape index (κ2) is 12.0. The highest BCUT2D eigenvalue weighted by Crippen LogP contribution is 2.50. The summed E-state index contributed by atoms with van der Waals surface area (Å²) in [6.45, 7) is 3.57. The van der Waals surface area contributed by atoms with E-state index in [4.69, 9.17) is 14.2 Å². The molecule has 38 heavy (non-hydrogen) atoms. The monoisotopic (exact) mass is 516 g/mol. The summed E-state index contributed by atoms with van der Waals surface area (Å²) in [6, 6.07) is 17.4. The zero-order valence-electron chi connectivity index (χ0n) is 22.7. The molecule has 1 aliphatic rings. The van der Waals surface area contributed by atoms with Gasteiger partial charge in [0.2, 0.25) is 17.1 Å². The van der Waals surface area contributed by atoms with Crippen LogP contribution in [0, 0.1) is 0 Å². The molecule has 0 heterocycles. The molecule has 2 N–H and O–H groups in total. The predicted octanol–water partition coefficient (Wildman–Crippen LogP) is 5.30. The maximum Gasteiger partial charge on any atom is 0.217 e. The fourth-order valence-corrected chi connectivity index (χ4v) is 5.19. The molecule has 0 saturated heterocycles. The molecule has 7 heteroatoms. The van der Waals surface area contributed by atoms with E-state index in [0.29, 0.717) is 35.8 Å². The molecule has 4 rings (SSSR count). The summed E-state index contributed by atoms with van der Waals surface area (Å²) in [5.74, 6) is 1.44. The second-order valence-corrected chi connectivity index (χ2v) is 9.67. The van der Waals surface area contributed by atoms with E-state index in [-0.39, 0.29) is 23.4 Å². The second-order valence-electron chi connectivity index (χ2n) is 9.67. The number of anilines is 1. The molecule has 0 fully saturated rings. The first-order valence-electron chi connectivity index (χ1n) is 12.9. The van der Waals surface area contributed by atoms with E-state index in [9.17, 15) is 9.59 Å². The van der Waals surface area contributed by atoms with Crippen LogP contribution in [0.3, 0.4) is 0 Å². The molecule has 3 aromatic rings. The van der Waals surface area contributed by atoms with Crippen LogP contribution in [0.15, 0.2) is 59.4 Å². The molecule has 3 aromatic carbocycles. The molecule has 0 aromatic heterocycles. The van der Waals surface area contributed by atoms with Crippen molar-refractivity contribution in [1.29, 1.82) is 0 Å². The Balaban J connectivity index is 1.80. The number of fused-ring (bicyclic) bond motifs is 3. The van der Waals surface area contributed by atoms with E-state index in [1.54, 1.807) is 27.4 Å². The van der Waals surface area contributed by atoms with Gasteiger partial charge in [-0.25, -0.2) is 0 Å². The number of hydrogen-bond acceptors (Lipinski definition) is 6. The Morgan fingerprint density at radius 2 is 1.74 bits per heavy atom. The number of benzene rings is 2. The maximum absolute atomic E-state index is 13.5. The van der Waals surface area contributed by atoms with Gasteiger partial charge in [0, 0.05) is 18.5 Å². The van der Waals surface area contributed by atoms with E-state index >= 15 is 0 Å². The smallest absolute Gasteiger partial charge is 0.217 e. The summed E-state index contributed by atoms with van der Waals surface area (Å²) in [7, 11) is 4.76. The van der Waals surface area contributed by atoms with Crippen molar-refractivity contribution in [1.82, 2.24) is 5.32 Å². The Morgan fingerprint density at radius 1 is 1.00 bits per heavy atom. The van der Waals surface area contributed by atoms with Crippen LogP contribution < -0.4 is 30.3 Å². The van der Waals surface area contributed by atoms with Gasteiger partial charge in [0.1, 0.15) is 0 Å². The van der Waals surface area contributed by atoms with Crippen LogP contribution in [-0.4, -0.2) is 33.3 Å². The number of ether oxygens (including phenoxy) is 3. The van der Waals surface area contributed by atoms with Crippen molar-refractivity contribution in [3.05, 3.63) is 81.5 Å². The minimum atomic E-state index is -0.333. The molecule has 1 aliphatic carbocycles. The molecule has 2 unspecified atom stereocenters. The summed E-state index contributed by atoms with van der Waals surface area (Å²) in [5.41, 5.74) is 5.05. The Morgan fingerprint density at radius 3 is 2.39 bits per heavy atom. The zero-order chi connectivity index (χ0) is 27.2. The normalized spacial score (nSPS) is 14.8. The first-order chi connectivity index (χ1) is 18.4. The maximum atomic E-state index is 13.5. The summed E-state index contributed by atoms with van der Waals surface area (Å²) in [6.07, 6.45) is 3.07. The zero-order valence-corrected chi connectivity index (χ0v) is 22.7. The molecule has 7 nitrogen and oxygen atoms in total. The van der Waals surface area contributed by atoms with Crippen molar-refractivity contribution in [3.8, 4) is 28.4 Å². The van der Waals surface area contributed by atoms with Gasteiger partial charge < -0.3 is 24.8 Å². The summed E-state index contributed by atoms with van der Waals surface area (Å²) in [5, 5.41) is 6.46. The van der Waals surface area contributed by atoms with Crippen molar-refractivity contribution in [2.45, 2.75) is 51.6 Å². The SMILES string of the molecule is COc1cc2c(c(OC)c1OC)-c1ccc(NC(C)CCc3ccccc3)c(=O)cc1C(NC(C)=O)CC2. The third-order valence-electron chi connectivity index (χ3n) is 7.03. The first kappa shape index (κ1) is 27.0. The number of nitrogens with one attached hydrogen (secondary N) is 2. The molecule has 0 spiro atoms. The molecule has 200 valence electrons. The van der Waals surface area contributed by atoms with Gasteiger partial charge in [-0.15, -0.1) is 0 Å². The lowest BCUT2D eigenvalue weighted by Crippen LogP contribution is -2.26. The minimum Gasteiger partial charge on any atom is -0.493 e. The summed E-state index contributed by atoms with van der Waals surface area (Å²) >= 11 is 0. The van der Waals surface area contributed by atoms with Gasteiger partial charge in [0.25, 0.3) is 0 Å². The van der Waals surface area contributed by atoms with E-state index in [0.717, 1.165) is 35.1 Å². The molecule has 0 radical (unpaired) electrons. The third kappa shape index (κ3) is 5.77. The van der Waals surface area contributed by atoms with Gasteiger partial charge in [-0.3, -0.25) is 9.59 Å². The van der Waals surface area contributed by atoms with Gasteiger partial charge in [0.15, 0.2) is 11.5 Å². The molecule has 0 saturated carbocycles. The highest BCUT2D eigenvalue weighted by Gasteiger charge is 2.29. The lowest BCUT2D eigenvalue weighted by molar-refractivity contribution is -0.119. The van der Waals surface area contributed by atoms with Gasteiger partial charge in [0.05, 0.1) is 33.1 Å². The number of amides is 1. The number of carbonyl (C=O) groups is 1. The number of methoxy groups -OCH3 is 3. The lowest BCUT2D eigenvalue weighted by Gasteiger charge is -2.19. The standard InChI is InChI=1S/C31H36N2O5/c1-19(11-12-21-9-7-6-8-10-21)32-26-16-14-23-24(18-27(26)35)25(33-20(2)34)15-13-22-17-28(36-3)30(37-4)31(38-5)29(22)23/h6-10,14,16-19,25H,11-13,15H2,1-5H3,(H,32,35)(H,33,34). The molecule has 0 bridgehead atoms. The Hall–Kier alpha value is -4.00. The van der Waals surface area contributed by atoms with Crippen molar-refractivity contribution < 1.29 is 19.0 Å². The topological polar surface area (TPSA) is 85.9 Å². The first-order valence-corrected chi connectivity index (χ1v) is 12.9. The number of carbonyl (C=O) groups excluding carboxylic acids is 1.